The van der Waals surface area contributed by atoms with E-state index < -0.39 is 5.82 Å². The van der Waals surface area contributed by atoms with Crippen LogP contribution in [0.25, 0.3) is 55.3 Å². The quantitative estimate of drug-likeness (QED) is 0.313. The number of nitrogens with zero attached hydrogens (tertiary/aromatic N) is 6. The van der Waals surface area contributed by atoms with E-state index in [1.807, 2.05) is 12.3 Å². The fraction of sp³-hybridized carbons (Fsp3) is 0.192. The standard InChI is InChI=1S/C26H20F2N8S/c27-19-4-3-18(37-19)24-23-16(5-6-30-24)32-26(33-23)25-20-17(34-35-25)12-31-22(21(20)28)15-9-14(10-29-11-15)13-36-7-1-2-8-36/h3-6,9-12H,1-2,7-8,13H2,(H,32,33)(H,34,35). The van der Waals surface area contributed by atoms with Crippen molar-refractivity contribution >= 4 is 33.3 Å². The van der Waals surface area contributed by atoms with Crippen molar-refractivity contribution in [1.82, 2.24) is 40.0 Å². The summed E-state index contributed by atoms with van der Waals surface area (Å²) in [6.07, 6.45) is 9.05. The van der Waals surface area contributed by atoms with Crippen molar-refractivity contribution in [1.29, 1.82) is 0 Å². The number of hydrogen-bond donors (Lipinski definition) is 2. The van der Waals surface area contributed by atoms with Gasteiger partial charge in [0, 0.05) is 30.7 Å². The molecule has 0 radical (unpaired) electrons. The van der Waals surface area contributed by atoms with Crippen LogP contribution in [-0.4, -0.2) is 53.1 Å². The maximum atomic E-state index is 16.0. The normalized spacial score (nSPS) is 14.3. The smallest absolute Gasteiger partial charge is 0.177 e. The summed E-state index contributed by atoms with van der Waals surface area (Å²) in [6, 6.07) is 6.79. The minimum absolute atomic E-state index is 0.207. The predicted molar refractivity (Wildman–Crippen MR) is 138 cm³/mol. The summed E-state index contributed by atoms with van der Waals surface area (Å²) in [6.45, 7) is 2.92. The molecule has 11 heteroatoms. The average Bonchev–Trinajstić information content (AvgIpc) is 3.70. The number of aromatic nitrogens is 7. The molecule has 0 saturated carbocycles. The fourth-order valence-corrected chi connectivity index (χ4v) is 5.65. The SMILES string of the molecule is Fc1ccc(-c2nccc3[nH]c(-c4n[nH]c5cnc(-c6cncc(CN7CCCC7)c6)c(F)c45)nc23)s1. The van der Waals surface area contributed by atoms with Gasteiger partial charge in [0.2, 0.25) is 0 Å². The first-order valence-electron chi connectivity index (χ1n) is 11.9. The van der Waals surface area contributed by atoms with Crippen LogP contribution in [0.4, 0.5) is 8.78 Å². The van der Waals surface area contributed by atoms with E-state index in [9.17, 15) is 4.39 Å². The maximum Gasteiger partial charge on any atom is 0.177 e. The van der Waals surface area contributed by atoms with Gasteiger partial charge in [0.25, 0.3) is 0 Å². The second-order valence-corrected chi connectivity index (χ2v) is 10.1. The highest BCUT2D eigenvalue weighted by molar-refractivity contribution is 7.13. The Balaban J connectivity index is 1.31. The fourth-order valence-electron chi connectivity index (χ4n) is 4.92. The summed E-state index contributed by atoms with van der Waals surface area (Å²) in [5.41, 5.74) is 4.43. The molecule has 7 heterocycles. The molecule has 7 rings (SSSR count). The lowest BCUT2D eigenvalue weighted by Gasteiger charge is -2.14. The predicted octanol–water partition coefficient (Wildman–Crippen LogP) is 5.56. The maximum absolute atomic E-state index is 16.0. The number of halogens is 2. The number of rotatable bonds is 5. The van der Waals surface area contributed by atoms with E-state index in [2.05, 4.69) is 40.0 Å². The largest absolute Gasteiger partial charge is 0.336 e. The monoisotopic (exact) mass is 514 g/mol. The van der Waals surface area contributed by atoms with Crippen molar-refractivity contribution in [3.8, 4) is 33.3 Å². The topological polar surface area (TPSA) is 99.3 Å². The molecule has 184 valence electrons. The number of H-pyrrole nitrogens is 2. The third-order valence-electron chi connectivity index (χ3n) is 6.65. The molecule has 0 atom stereocenters. The Morgan fingerprint density at radius 1 is 0.946 bits per heavy atom. The summed E-state index contributed by atoms with van der Waals surface area (Å²) in [4.78, 5) is 24.1. The van der Waals surface area contributed by atoms with Crippen LogP contribution >= 0.6 is 11.3 Å². The van der Waals surface area contributed by atoms with Gasteiger partial charge in [-0.15, -0.1) is 11.3 Å². The van der Waals surface area contributed by atoms with Gasteiger partial charge in [-0.05, 0) is 55.8 Å². The molecule has 8 nitrogen and oxygen atoms in total. The minimum atomic E-state index is -0.500. The number of thiophene rings is 1. The van der Waals surface area contributed by atoms with Gasteiger partial charge in [-0.2, -0.15) is 9.49 Å². The molecule has 37 heavy (non-hydrogen) atoms. The zero-order valence-electron chi connectivity index (χ0n) is 19.5. The lowest BCUT2D eigenvalue weighted by molar-refractivity contribution is 0.331. The molecule has 6 aromatic heterocycles. The first-order chi connectivity index (χ1) is 18.1. The molecular weight excluding hydrogens is 494 g/mol. The van der Waals surface area contributed by atoms with Crippen LogP contribution in [0.5, 0.6) is 0 Å². The summed E-state index contributed by atoms with van der Waals surface area (Å²) in [7, 11) is 0. The van der Waals surface area contributed by atoms with E-state index in [1.54, 1.807) is 30.7 Å². The lowest BCUT2D eigenvalue weighted by Crippen LogP contribution is -2.18. The molecule has 0 bridgehead atoms. The molecule has 1 saturated heterocycles. The molecule has 0 aliphatic carbocycles. The Hall–Kier alpha value is -4.09. The highest BCUT2D eigenvalue weighted by atomic mass is 32.1. The van der Waals surface area contributed by atoms with Crippen molar-refractivity contribution in [2.75, 3.05) is 13.1 Å². The number of likely N-dealkylation sites (tertiary alicyclic amines) is 1. The van der Waals surface area contributed by atoms with E-state index in [4.69, 9.17) is 0 Å². The Kier molecular flexibility index (Phi) is 5.26. The molecule has 6 aromatic rings. The number of hydrogen-bond acceptors (Lipinski definition) is 7. The molecule has 1 fully saturated rings. The summed E-state index contributed by atoms with van der Waals surface area (Å²) >= 11 is 0.996. The second kappa shape index (κ2) is 8.79. The summed E-state index contributed by atoms with van der Waals surface area (Å²) < 4.78 is 29.7. The van der Waals surface area contributed by atoms with Crippen LogP contribution < -0.4 is 0 Å². The van der Waals surface area contributed by atoms with Gasteiger partial charge < -0.3 is 4.98 Å². The van der Waals surface area contributed by atoms with Crippen LogP contribution in [-0.2, 0) is 6.54 Å². The second-order valence-electron chi connectivity index (χ2n) is 9.09. The Bertz CT molecular complexity index is 1770. The Morgan fingerprint density at radius 3 is 2.68 bits per heavy atom. The van der Waals surface area contributed by atoms with Crippen LogP contribution in [0, 0.1) is 10.9 Å². The third kappa shape index (κ3) is 3.87. The number of nitrogens with one attached hydrogen (secondary N) is 2. The lowest BCUT2D eigenvalue weighted by atomic mass is 10.1. The number of imidazole rings is 1. The first kappa shape index (κ1) is 22.1. The Labute approximate surface area is 213 Å². The molecule has 0 aromatic carbocycles. The highest BCUT2D eigenvalue weighted by Crippen LogP contribution is 2.35. The molecular formula is C26H20F2N8S. The third-order valence-corrected chi connectivity index (χ3v) is 7.53. The zero-order valence-corrected chi connectivity index (χ0v) is 20.3. The molecule has 0 spiro atoms. The van der Waals surface area contributed by atoms with Gasteiger partial charge in [-0.25, -0.2) is 9.37 Å². The van der Waals surface area contributed by atoms with Gasteiger partial charge in [-0.3, -0.25) is 25.0 Å². The average molecular weight is 515 g/mol. The number of aromatic amines is 2. The van der Waals surface area contributed by atoms with Crippen molar-refractivity contribution in [2.24, 2.45) is 0 Å². The summed E-state index contributed by atoms with van der Waals surface area (Å²) in [5, 5.41) is 7.19. The van der Waals surface area contributed by atoms with E-state index in [-0.39, 0.29) is 16.2 Å². The van der Waals surface area contributed by atoms with Crippen LogP contribution in [0.2, 0.25) is 0 Å². The van der Waals surface area contributed by atoms with Crippen LogP contribution in [0.15, 0.2) is 49.1 Å². The molecule has 0 amide bonds. The van der Waals surface area contributed by atoms with Gasteiger partial charge in [0.05, 0.1) is 27.5 Å². The number of pyridine rings is 3. The minimum Gasteiger partial charge on any atom is -0.336 e. The summed E-state index contributed by atoms with van der Waals surface area (Å²) in [5.74, 6) is -0.120. The van der Waals surface area contributed by atoms with E-state index in [1.165, 1.54) is 18.9 Å². The Morgan fingerprint density at radius 2 is 1.84 bits per heavy atom. The van der Waals surface area contributed by atoms with E-state index >= 15 is 4.39 Å². The van der Waals surface area contributed by atoms with Gasteiger partial charge in [0.1, 0.15) is 22.6 Å². The van der Waals surface area contributed by atoms with Crippen LogP contribution in [0.3, 0.4) is 0 Å². The van der Waals surface area contributed by atoms with Gasteiger partial charge in [-0.1, -0.05) is 0 Å². The van der Waals surface area contributed by atoms with Gasteiger partial charge in [0.15, 0.2) is 16.8 Å². The van der Waals surface area contributed by atoms with E-state index in [0.717, 1.165) is 36.5 Å². The van der Waals surface area contributed by atoms with Crippen LogP contribution in [0.1, 0.15) is 18.4 Å². The molecule has 1 aliphatic heterocycles. The van der Waals surface area contributed by atoms with Crippen molar-refractivity contribution < 1.29 is 8.78 Å². The first-order valence-corrected chi connectivity index (χ1v) is 12.8. The van der Waals surface area contributed by atoms with Crippen molar-refractivity contribution in [2.45, 2.75) is 19.4 Å². The zero-order chi connectivity index (χ0) is 24.9. The van der Waals surface area contributed by atoms with Crippen molar-refractivity contribution in [3.05, 3.63) is 65.6 Å². The van der Waals surface area contributed by atoms with Crippen molar-refractivity contribution in [3.63, 3.8) is 0 Å². The number of fused-ring (bicyclic) bond motifs is 2. The highest BCUT2D eigenvalue weighted by Gasteiger charge is 2.22. The molecule has 0 unspecified atom stereocenters. The molecule has 1 aliphatic rings. The molecule has 2 N–H and O–H groups in total. The van der Waals surface area contributed by atoms with Gasteiger partial charge >= 0.3 is 0 Å². The van der Waals surface area contributed by atoms with E-state index in [0.29, 0.717) is 44.2 Å².